The second-order valence-corrected chi connectivity index (χ2v) is 2.84. The first-order chi connectivity index (χ1) is 6.33. The van der Waals surface area contributed by atoms with Gasteiger partial charge in [0.25, 0.3) is 0 Å². The molecule has 1 heterocycles. The summed E-state index contributed by atoms with van der Waals surface area (Å²) in [5.41, 5.74) is 0. The minimum absolute atomic E-state index is 0.189. The van der Waals surface area contributed by atoms with E-state index in [0.29, 0.717) is 6.61 Å². The summed E-state index contributed by atoms with van der Waals surface area (Å²) in [5, 5.41) is 3.04. The molecular weight excluding hydrogens is 166 g/mol. The van der Waals surface area contributed by atoms with Crippen molar-refractivity contribution in [3.05, 3.63) is 24.3 Å². The van der Waals surface area contributed by atoms with Crippen LogP contribution >= 0.6 is 0 Å². The van der Waals surface area contributed by atoms with Crippen LogP contribution in [0.4, 0.5) is 0 Å². The van der Waals surface area contributed by atoms with Crippen LogP contribution in [0.3, 0.4) is 0 Å². The predicted octanol–water partition coefficient (Wildman–Crippen LogP) is 0.601. The van der Waals surface area contributed by atoms with E-state index in [1.807, 2.05) is 14.0 Å². The van der Waals surface area contributed by atoms with Gasteiger partial charge in [-0.05, 0) is 20.0 Å². The summed E-state index contributed by atoms with van der Waals surface area (Å²) in [5.74, 6) is 0.727. The molecule has 0 saturated carbocycles. The summed E-state index contributed by atoms with van der Waals surface area (Å²) in [6.07, 6.45) is 3.62. The highest BCUT2D eigenvalue weighted by atomic mass is 16.5. The summed E-state index contributed by atoms with van der Waals surface area (Å²) < 4.78 is 5.48. The van der Waals surface area contributed by atoms with Gasteiger partial charge in [0.15, 0.2) is 5.82 Å². The number of likely N-dealkylation sites (N-methyl/N-ethyl adjacent to an activating group) is 1. The Morgan fingerprint density at radius 1 is 1.46 bits per heavy atom. The Morgan fingerprint density at radius 3 is 2.77 bits per heavy atom. The minimum Gasteiger partial charge on any atom is -0.369 e. The zero-order valence-corrected chi connectivity index (χ0v) is 8.03. The van der Waals surface area contributed by atoms with E-state index in [1.165, 1.54) is 0 Å². The lowest BCUT2D eigenvalue weighted by Gasteiger charge is -2.10. The van der Waals surface area contributed by atoms with Gasteiger partial charge in [-0.3, -0.25) is 0 Å². The lowest BCUT2D eigenvalue weighted by molar-refractivity contribution is 0.0503. The van der Waals surface area contributed by atoms with E-state index in [9.17, 15) is 0 Å². The van der Waals surface area contributed by atoms with Crippen LogP contribution in [-0.4, -0.2) is 29.7 Å². The van der Waals surface area contributed by atoms with Gasteiger partial charge in [0.1, 0.15) is 6.61 Å². The van der Waals surface area contributed by atoms with Crippen molar-refractivity contribution in [2.75, 3.05) is 13.6 Å². The van der Waals surface area contributed by atoms with Gasteiger partial charge in [-0.15, -0.1) is 0 Å². The van der Waals surface area contributed by atoms with Crippen LogP contribution in [0.25, 0.3) is 0 Å². The predicted molar refractivity (Wildman–Crippen MR) is 50.2 cm³/mol. The number of ether oxygens (including phenoxy) is 1. The third kappa shape index (κ3) is 3.96. The van der Waals surface area contributed by atoms with Crippen molar-refractivity contribution in [2.45, 2.75) is 19.6 Å². The number of nitrogens with zero attached hydrogens (tertiary/aromatic N) is 2. The zero-order chi connectivity index (χ0) is 9.52. The molecule has 0 aliphatic heterocycles. The molecule has 1 rings (SSSR count). The molecule has 0 bridgehead atoms. The fraction of sp³-hybridized carbons (Fsp3) is 0.556. The van der Waals surface area contributed by atoms with Crippen LogP contribution in [0.1, 0.15) is 12.7 Å². The Kier molecular flexibility index (Phi) is 4.35. The Morgan fingerprint density at radius 2 is 2.15 bits per heavy atom. The highest BCUT2D eigenvalue weighted by Gasteiger charge is 2.01. The number of nitrogens with one attached hydrogen (secondary N) is 1. The van der Waals surface area contributed by atoms with E-state index in [2.05, 4.69) is 15.3 Å². The normalized spacial score (nSPS) is 12.8. The molecule has 0 saturated heterocycles. The molecule has 4 heteroatoms. The molecule has 13 heavy (non-hydrogen) atoms. The van der Waals surface area contributed by atoms with Crippen molar-refractivity contribution < 1.29 is 4.74 Å². The lowest BCUT2D eigenvalue weighted by Crippen LogP contribution is -2.23. The molecule has 0 amide bonds. The third-order valence-corrected chi connectivity index (χ3v) is 1.61. The molecule has 1 N–H and O–H groups in total. The van der Waals surface area contributed by atoms with Gasteiger partial charge in [0.05, 0.1) is 6.10 Å². The lowest BCUT2D eigenvalue weighted by atomic mass is 10.4. The van der Waals surface area contributed by atoms with Crippen molar-refractivity contribution in [3.8, 4) is 0 Å². The maximum Gasteiger partial charge on any atom is 0.153 e. The summed E-state index contributed by atoms with van der Waals surface area (Å²) in [6.45, 7) is 3.33. The van der Waals surface area contributed by atoms with E-state index in [-0.39, 0.29) is 6.10 Å². The standard InChI is InChI=1S/C9H15N3O/c1-8(6-10-2)13-7-9-11-4-3-5-12-9/h3-5,8,10H,6-7H2,1-2H3. The summed E-state index contributed by atoms with van der Waals surface area (Å²) in [6, 6.07) is 1.79. The SMILES string of the molecule is CNCC(C)OCc1ncccn1. The number of aromatic nitrogens is 2. The Balaban J connectivity index is 2.27. The first kappa shape index (κ1) is 10.1. The van der Waals surface area contributed by atoms with Gasteiger partial charge in [0.2, 0.25) is 0 Å². The molecule has 0 fully saturated rings. The van der Waals surface area contributed by atoms with Crippen molar-refractivity contribution in [1.82, 2.24) is 15.3 Å². The van der Waals surface area contributed by atoms with Crippen LogP contribution in [-0.2, 0) is 11.3 Å². The molecule has 72 valence electrons. The second-order valence-electron chi connectivity index (χ2n) is 2.84. The summed E-state index contributed by atoms with van der Waals surface area (Å²) in [4.78, 5) is 8.11. The molecule has 0 aliphatic rings. The second kappa shape index (κ2) is 5.61. The van der Waals surface area contributed by atoms with Crippen LogP contribution in [0, 0.1) is 0 Å². The van der Waals surface area contributed by atoms with Gasteiger partial charge in [-0.2, -0.15) is 0 Å². The quantitative estimate of drug-likeness (QED) is 0.722. The maximum atomic E-state index is 5.48. The van der Waals surface area contributed by atoms with Gasteiger partial charge in [-0.1, -0.05) is 0 Å². The van der Waals surface area contributed by atoms with Gasteiger partial charge in [0, 0.05) is 18.9 Å². The molecule has 0 radical (unpaired) electrons. The summed E-state index contributed by atoms with van der Waals surface area (Å²) >= 11 is 0. The van der Waals surface area contributed by atoms with Crippen LogP contribution in [0.15, 0.2) is 18.5 Å². The fourth-order valence-electron chi connectivity index (χ4n) is 0.968. The van der Waals surface area contributed by atoms with Crippen molar-refractivity contribution in [2.24, 2.45) is 0 Å². The van der Waals surface area contributed by atoms with Crippen molar-refractivity contribution in [3.63, 3.8) is 0 Å². The monoisotopic (exact) mass is 181 g/mol. The van der Waals surface area contributed by atoms with E-state index >= 15 is 0 Å². The van der Waals surface area contributed by atoms with E-state index < -0.39 is 0 Å². The smallest absolute Gasteiger partial charge is 0.153 e. The molecule has 0 aromatic carbocycles. The molecular formula is C9H15N3O. The third-order valence-electron chi connectivity index (χ3n) is 1.61. The van der Waals surface area contributed by atoms with Crippen LogP contribution < -0.4 is 5.32 Å². The molecule has 1 aromatic heterocycles. The number of rotatable bonds is 5. The maximum absolute atomic E-state index is 5.48. The molecule has 1 aromatic rings. The van der Waals surface area contributed by atoms with Gasteiger partial charge < -0.3 is 10.1 Å². The van der Waals surface area contributed by atoms with E-state index in [4.69, 9.17) is 4.74 Å². The first-order valence-corrected chi connectivity index (χ1v) is 4.35. The summed E-state index contributed by atoms with van der Waals surface area (Å²) in [7, 11) is 1.90. The van der Waals surface area contributed by atoms with E-state index in [0.717, 1.165) is 12.4 Å². The zero-order valence-electron chi connectivity index (χ0n) is 8.03. The average Bonchev–Trinajstić information content (AvgIpc) is 2.17. The van der Waals surface area contributed by atoms with Gasteiger partial charge >= 0.3 is 0 Å². The van der Waals surface area contributed by atoms with Crippen LogP contribution in [0.2, 0.25) is 0 Å². The van der Waals surface area contributed by atoms with Crippen LogP contribution in [0.5, 0.6) is 0 Å². The molecule has 1 unspecified atom stereocenters. The molecule has 1 atom stereocenters. The van der Waals surface area contributed by atoms with E-state index in [1.54, 1.807) is 18.5 Å². The highest BCUT2D eigenvalue weighted by Crippen LogP contribution is 1.95. The largest absolute Gasteiger partial charge is 0.369 e. The van der Waals surface area contributed by atoms with Crippen molar-refractivity contribution in [1.29, 1.82) is 0 Å². The molecule has 0 aliphatic carbocycles. The minimum atomic E-state index is 0.189. The average molecular weight is 181 g/mol. The molecule has 0 spiro atoms. The van der Waals surface area contributed by atoms with Crippen molar-refractivity contribution >= 4 is 0 Å². The first-order valence-electron chi connectivity index (χ1n) is 4.35. The Bertz CT molecular complexity index is 228. The fourth-order valence-corrected chi connectivity index (χ4v) is 0.968. The highest BCUT2D eigenvalue weighted by molar-refractivity contribution is 4.86. The van der Waals surface area contributed by atoms with Gasteiger partial charge in [-0.25, -0.2) is 9.97 Å². The number of hydrogen-bond donors (Lipinski definition) is 1. The molecule has 4 nitrogen and oxygen atoms in total. The number of hydrogen-bond acceptors (Lipinski definition) is 4. The topological polar surface area (TPSA) is 47.0 Å². The Labute approximate surface area is 78.4 Å². The Hall–Kier alpha value is -1.00.